The van der Waals surface area contributed by atoms with Gasteiger partial charge in [0.15, 0.2) is 5.96 Å². The first-order valence-electron chi connectivity index (χ1n) is 7.68. The van der Waals surface area contributed by atoms with E-state index in [1.807, 2.05) is 42.0 Å². The highest BCUT2D eigenvalue weighted by Crippen LogP contribution is 2.13. The van der Waals surface area contributed by atoms with Crippen molar-refractivity contribution in [2.45, 2.75) is 13.0 Å². The lowest BCUT2D eigenvalue weighted by atomic mass is 10.1. The molecule has 0 aromatic carbocycles. The van der Waals surface area contributed by atoms with Crippen LogP contribution in [0.3, 0.4) is 0 Å². The van der Waals surface area contributed by atoms with Gasteiger partial charge in [0.25, 0.3) is 0 Å². The normalized spacial score (nSPS) is 18.8. The molecule has 1 aliphatic heterocycles. The van der Waals surface area contributed by atoms with Crippen molar-refractivity contribution in [2.24, 2.45) is 10.9 Å². The van der Waals surface area contributed by atoms with E-state index in [1.165, 1.54) is 0 Å². The molecule has 2 aromatic rings. The number of ether oxygens (including phenoxy) is 1. The number of aromatic nitrogens is 2. The van der Waals surface area contributed by atoms with Crippen LogP contribution in [0.1, 0.15) is 12.1 Å². The summed E-state index contributed by atoms with van der Waals surface area (Å²) in [6.45, 7) is 3.37. The van der Waals surface area contributed by atoms with Crippen LogP contribution < -0.4 is 5.32 Å². The summed E-state index contributed by atoms with van der Waals surface area (Å²) >= 11 is 0. The molecule has 3 heterocycles. The average Bonchev–Trinajstić information content (AvgIpc) is 3.16. The molecule has 118 valence electrons. The first-order valence-corrected chi connectivity index (χ1v) is 7.68. The third kappa shape index (κ3) is 3.39. The molecule has 0 aliphatic carbocycles. The zero-order valence-electron chi connectivity index (χ0n) is 13.2. The molecule has 2 aromatic heterocycles. The van der Waals surface area contributed by atoms with E-state index in [1.54, 1.807) is 0 Å². The Hall–Kier alpha value is -2.08. The molecule has 6 nitrogen and oxygen atoms in total. The fourth-order valence-corrected chi connectivity index (χ4v) is 2.83. The van der Waals surface area contributed by atoms with Crippen molar-refractivity contribution in [3.8, 4) is 0 Å². The van der Waals surface area contributed by atoms with Crippen molar-refractivity contribution in [2.75, 3.05) is 33.9 Å². The van der Waals surface area contributed by atoms with Crippen molar-refractivity contribution in [1.82, 2.24) is 19.6 Å². The predicted octanol–water partition coefficient (Wildman–Crippen LogP) is 1.38. The van der Waals surface area contributed by atoms with Gasteiger partial charge in [0.2, 0.25) is 0 Å². The summed E-state index contributed by atoms with van der Waals surface area (Å²) in [7, 11) is 3.88. The zero-order chi connectivity index (χ0) is 15.4. The standard InChI is InChI=1S/C16H23N5O/c1-17-16(20(2)10-13-6-8-22-12-13)18-9-14-11-21-7-4-3-5-15(21)19-14/h3-5,7,11,13H,6,8-10,12H2,1-2H3,(H,17,18). The van der Waals surface area contributed by atoms with Gasteiger partial charge in [-0.15, -0.1) is 0 Å². The largest absolute Gasteiger partial charge is 0.381 e. The number of hydrogen-bond donors (Lipinski definition) is 1. The van der Waals surface area contributed by atoms with Gasteiger partial charge in [0.05, 0.1) is 18.8 Å². The van der Waals surface area contributed by atoms with Gasteiger partial charge >= 0.3 is 0 Å². The maximum absolute atomic E-state index is 5.43. The number of imidazole rings is 1. The lowest BCUT2D eigenvalue weighted by Gasteiger charge is -2.24. The molecule has 1 saturated heterocycles. The fourth-order valence-electron chi connectivity index (χ4n) is 2.83. The van der Waals surface area contributed by atoms with Crippen LogP contribution in [0.25, 0.3) is 5.65 Å². The summed E-state index contributed by atoms with van der Waals surface area (Å²) in [6, 6.07) is 6.00. The maximum atomic E-state index is 5.43. The van der Waals surface area contributed by atoms with Crippen LogP contribution in [0, 0.1) is 5.92 Å². The van der Waals surface area contributed by atoms with Gasteiger partial charge in [-0.3, -0.25) is 4.99 Å². The van der Waals surface area contributed by atoms with Crippen LogP contribution in [-0.2, 0) is 11.3 Å². The number of fused-ring (bicyclic) bond motifs is 1. The molecule has 0 amide bonds. The third-order valence-electron chi connectivity index (χ3n) is 3.97. The zero-order valence-corrected chi connectivity index (χ0v) is 13.2. The van der Waals surface area contributed by atoms with Crippen molar-refractivity contribution in [1.29, 1.82) is 0 Å². The first-order chi connectivity index (χ1) is 10.8. The Morgan fingerprint density at radius 2 is 2.45 bits per heavy atom. The fraction of sp³-hybridized carbons (Fsp3) is 0.500. The van der Waals surface area contributed by atoms with Gasteiger partial charge in [0, 0.05) is 45.6 Å². The van der Waals surface area contributed by atoms with E-state index in [9.17, 15) is 0 Å². The number of pyridine rings is 1. The Morgan fingerprint density at radius 3 is 3.18 bits per heavy atom. The van der Waals surface area contributed by atoms with Crippen LogP contribution in [0.15, 0.2) is 35.6 Å². The monoisotopic (exact) mass is 301 g/mol. The second-order valence-corrected chi connectivity index (χ2v) is 5.71. The number of rotatable bonds is 4. The average molecular weight is 301 g/mol. The summed E-state index contributed by atoms with van der Waals surface area (Å²) in [5, 5.41) is 3.38. The number of nitrogens with zero attached hydrogens (tertiary/aromatic N) is 4. The highest BCUT2D eigenvalue weighted by molar-refractivity contribution is 5.79. The van der Waals surface area contributed by atoms with Crippen molar-refractivity contribution < 1.29 is 4.74 Å². The molecule has 0 radical (unpaired) electrons. The van der Waals surface area contributed by atoms with Gasteiger partial charge < -0.3 is 19.4 Å². The Bertz CT molecular complexity index is 612. The molecule has 1 unspecified atom stereocenters. The Kier molecular flexibility index (Phi) is 4.58. The quantitative estimate of drug-likeness (QED) is 0.685. The van der Waals surface area contributed by atoms with Gasteiger partial charge in [-0.2, -0.15) is 0 Å². The van der Waals surface area contributed by atoms with Gasteiger partial charge in [-0.1, -0.05) is 6.07 Å². The smallest absolute Gasteiger partial charge is 0.193 e. The van der Waals surface area contributed by atoms with E-state index in [2.05, 4.69) is 27.2 Å². The van der Waals surface area contributed by atoms with E-state index in [0.717, 1.165) is 43.5 Å². The summed E-state index contributed by atoms with van der Waals surface area (Å²) in [4.78, 5) is 11.1. The van der Waals surface area contributed by atoms with E-state index >= 15 is 0 Å². The maximum Gasteiger partial charge on any atom is 0.193 e. The number of nitrogens with one attached hydrogen (secondary N) is 1. The Balaban J connectivity index is 1.58. The molecular weight excluding hydrogens is 278 g/mol. The topological polar surface area (TPSA) is 54.2 Å². The lowest BCUT2D eigenvalue weighted by molar-refractivity contribution is 0.181. The molecule has 0 saturated carbocycles. The lowest BCUT2D eigenvalue weighted by Crippen LogP contribution is -2.41. The molecule has 1 aliphatic rings. The van der Waals surface area contributed by atoms with Gasteiger partial charge in [-0.25, -0.2) is 4.98 Å². The van der Waals surface area contributed by atoms with E-state index in [4.69, 9.17) is 4.74 Å². The highest BCUT2D eigenvalue weighted by atomic mass is 16.5. The van der Waals surface area contributed by atoms with Crippen LogP contribution >= 0.6 is 0 Å². The highest BCUT2D eigenvalue weighted by Gasteiger charge is 2.19. The van der Waals surface area contributed by atoms with Gasteiger partial charge in [0.1, 0.15) is 5.65 Å². The molecule has 22 heavy (non-hydrogen) atoms. The molecule has 1 atom stereocenters. The van der Waals surface area contributed by atoms with E-state index in [0.29, 0.717) is 12.5 Å². The van der Waals surface area contributed by atoms with Crippen molar-refractivity contribution in [3.05, 3.63) is 36.3 Å². The van der Waals surface area contributed by atoms with E-state index in [-0.39, 0.29) is 0 Å². The Morgan fingerprint density at radius 1 is 1.55 bits per heavy atom. The molecule has 6 heteroatoms. The van der Waals surface area contributed by atoms with Crippen LogP contribution in [0.4, 0.5) is 0 Å². The number of guanidine groups is 1. The van der Waals surface area contributed by atoms with Crippen LogP contribution in [0.5, 0.6) is 0 Å². The molecule has 3 rings (SSSR count). The van der Waals surface area contributed by atoms with Gasteiger partial charge in [-0.05, 0) is 18.6 Å². The molecular formula is C16H23N5O. The van der Waals surface area contributed by atoms with Crippen LogP contribution in [-0.4, -0.2) is 54.1 Å². The molecule has 1 N–H and O–H groups in total. The number of hydrogen-bond acceptors (Lipinski definition) is 3. The molecule has 1 fully saturated rings. The SMILES string of the molecule is CN=C(NCc1cn2ccccc2n1)N(C)CC1CCOC1. The first kappa shape index (κ1) is 14.8. The van der Waals surface area contributed by atoms with Crippen molar-refractivity contribution >= 4 is 11.6 Å². The minimum absolute atomic E-state index is 0.596. The Labute approximate surface area is 130 Å². The molecule has 0 spiro atoms. The summed E-state index contributed by atoms with van der Waals surface area (Å²) in [5.41, 5.74) is 1.97. The third-order valence-corrected chi connectivity index (χ3v) is 3.97. The van der Waals surface area contributed by atoms with Crippen molar-refractivity contribution in [3.63, 3.8) is 0 Å². The minimum Gasteiger partial charge on any atom is -0.381 e. The minimum atomic E-state index is 0.596. The second-order valence-electron chi connectivity index (χ2n) is 5.71. The summed E-state index contributed by atoms with van der Waals surface area (Å²) in [6.07, 6.45) is 5.18. The summed E-state index contributed by atoms with van der Waals surface area (Å²) < 4.78 is 7.46. The summed E-state index contributed by atoms with van der Waals surface area (Å²) in [5.74, 6) is 1.49. The second kappa shape index (κ2) is 6.79. The molecule has 0 bridgehead atoms. The van der Waals surface area contributed by atoms with Crippen LogP contribution in [0.2, 0.25) is 0 Å². The number of aliphatic imine (C=N–C) groups is 1. The van der Waals surface area contributed by atoms with E-state index < -0.39 is 0 Å². The predicted molar refractivity (Wildman–Crippen MR) is 86.9 cm³/mol.